The van der Waals surface area contributed by atoms with Crippen LogP contribution in [0.15, 0.2) is 24.3 Å². The fourth-order valence-corrected chi connectivity index (χ4v) is 3.59. The summed E-state index contributed by atoms with van der Waals surface area (Å²) >= 11 is 0. The van der Waals surface area contributed by atoms with E-state index >= 15 is 0 Å². The predicted molar refractivity (Wildman–Crippen MR) is 80.2 cm³/mol. The van der Waals surface area contributed by atoms with Gasteiger partial charge in [0.2, 0.25) is 5.91 Å². The molecule has 2 aliphatic rings. The Morgan fingerprint density at radius 2 is 2.00 bits per heavy atom. The maximum absolute atomic E-state index is 12.1. The molecule has 108 valence electrons. The second kappa shape index (κ2) is 5.96. The molecule has 1 amide bonds. The highest BCUT2D eigenvalue weighted by molar-refractivity contribution is 5.81. The van der Waals surface area contributed by atoms with Crippen LogP contribution in [-0.2, 0) is 4.79 Å². The van der Waals surface area contributed by atoms with E-state index in [4.69, 9.17) is 0 Å². The van der Waals surface area contributed by atoms with Gasteiger partial charge in [-0.3, -0.25) is 10.1 Å². The molecule has 3 rings (SSSR count). The van der Waals surface area contributed by atoms with Crippen molar-refractivity contribution in [2.24, 2.45) is 5.92 Å². The van der Waals surface area contributed by atoms with Crippen molar-refractivity contribution in [3.63, 3.8) is 0 Å². The zero-order chi connectivity index (χ0) is 13.9. The number of nitrogens with zero attached hydrogens (tertiary/aromatic N) is 1. The van der Waals surface area contributed by atoms with E-state index in [1.54, 1.807) is 0 Å². The van der Waals surface area contributed by atoms with Gasteiger partial charge in [0.1, 0.15) is 6.17 Å². The molecule has 2 fully saturated rings. The number of hydrogen-bond donors (Lipinski definition) is 1. The minimum Gasteiger partial charge on any atom is -0.322 e. The molecule has 1 aromatic rings. The summed E-state index contributed by atoms with van der Waals surface area (Å²) < 4.78 is 0. The summed E-state index contributed by atoms with van der Waals surface area (Å²) in [5.74, 6) is 1.08. The molecule has 1 atom stereocenters. The zero-order valence-corrected chi connectivity index (χ0v) is 12.3. The minimum absolute atomic E-state index is 0.0742. The molecule has 1 saturated heterocycles. The number of aryl methyl sites for hydroxylation is 1. The molecule has 1 aliphatic carbocycles. The van der Waals surface area contributed by atoms with Gasteiger partial charge in [0.15, 0.2) is 0 Å². The lowest BCUT2D eigenvalue weighted by Crippen LogP contribution is -2.32. The van der Waals surface area contributed by atoms with E-state index < -0.39 is 0 Å². The Bertz CT molecular complexity index is 480. The summed E-state index contributed by atoms with van der Waals surface area (Å²) in [6.07, 6.45) is 6.69. The van der Waals surface area contributed by atoms with Gasteiger partial charge in [-0.1, -0.05) is 49.9 Å². The lowest BCUT2D eigenvalue weighted by atomic mass is 10.0. The normalized spacial score (nSPS) is 23.8. The SMILES string of the molecule is Cc1ccccc1C1NCC(=O)N1CCC1CCCC1. The van der Waals surface area contributed by atoms with E-state index in [-0.39, 0.29) is 12.1 Å². The Morgan fingerprint density at radius 3 is 2.75 bits per heavy atom. The van der Waals surface area contributed by atoms with Crippen molar-refractivity contribution >= 4 is 5.91 Å². The zero-order valence-electron chi connectivity index (χ0n) is 12.3. The average molecular weight is 272 g/mol. The van der Waals surface area contributed by atoms with Crippen molar-refractivity contribution in [1.29, 1.82) is 0 Å². The maximum Gasteiger partial charge on any atom is 0.238 e. The van der Waals surface area contributed by atoms with Crippen LogP contribution in [0, 0.1) is 12.8 Å². The van der Waals surface area contributed by atoms with Crippen molar-refractivity contribution in [3.05, 3.63) is 35.4 Å². The topological polar surface area (TPSA) is 32.3 Å². The summed E-state index contributed by atoms with van der Waals surface area (Å²) in [5, 5.41) is 3.37. The van der Waals surface area contributed by atoms with Crippen LogP contribution in [-0.4, -0.2) is 23.9 Å². The van der Waals surface area contributed by atoms with Crippen LogP contribution in [0.2, 0.25) is 0 Å². The first-order chi connectivity index (χ1) is 9.75. The smallest absolute Gasteiger partial charge is 0.238 e. The monoisotopic (exact) mass is 272 g/mol. The van der Waals surface area contributed by atoms with Crippen LogP contribution in [0.3, 0.4) is 0 Å². The molecule has 3 heteroatoms. The van der Waals surface area contributed by atoms with Gasteiger partial charge in [0.25, 0.3) is 0 Å². The Morgan fingerprint density at radius 1 is 1.25 bits per heavy atom. The molecule has 0 aromatic heterocycles. The van der Waals surface area contributed by atoms with E-state index in [1.165, 1.54) is 36.8 Å². The Hall–Kier alpha value is -1.35. The predicted octanol–water partition coefficient (Wildman–Crippen LogP) is 3.01. The van der Waals surface area contributed by atoms with Gasteiger partial charge in [0, 0.05) is 6.54 Å². The van der Waals surface area contributed by atoms with Gasteiger partial charge in [-0.15, -0.1) is 0 Å². The highest BCUT2D eigenvalue weighted by Gasteiger charge is 2.32. The van der Waals surface area contributed by atoms with Crippen molar-refractivity contribution < 1.29 is 4.79 Å². The van der Waals surface area contributed by atoms with Crippen LogP contribution in [0.25, 0.3) is 0 Å². The quantitative estimate of drug-likeness (QED) is 0.914. The molecule has 1 aromatic carbocycles. The average Bonchev–Trinajstić information content (AvgIpc) is 3.07. The summed E-state index contributed by atoms with van der Waals surface area (Å²) in [7, 11) is 0. The van der Waals surface area contributed by atoms with Crippen molar-refractivity contribution in [1.82, 2.24) is 10.2 Å². The number of amides is 1. The molecule has 0 bridgehead atoms. The first-order valence-corrected chi connectivity index (χ1v) is 7.84. The molecule has 3 nitrogen and oxygen atoms in total. The van der Waals surface area contributed by atoms with Crippen molar-refractivity contribution in [2.75, 3.05) is 13.1 Å². The fraction of sp³-hybridized carbons (Fsp3) is 0.588. The Kier molecular flexibility index (Phi) is 4.06. The Labute approximate surface area is 121 Å². The molecule has 1 unspecified atom stereocenters. The van der Waals surface area contributed by atoms with Crippen LogP contribution >= 0.6 is 0 Å². The van der Waals surface area contributed by atoms with Gasteiger partial charge in [-0.2, -0.15) is 0 Å². The lowest BCUT2D eigenvalue weighted by molar-refractivity contribution is -0.128. The number of carbonyl (C=O) groups is 1. The molecule has 1 heterocycles. The highest BCUT2D eigenvalue weighted by atomic mass is 16.2. The third-order valence-corrected chi connectivity index (χ3v) is 4.81. The molecule has 20 heavy (non-hydrogen) atoms. The summed E-state index contributed by atoms with van der Waals surface area (Å²) in [6, 6.07) is 8.36. The standard InChI is InChI=1S/C17H24N2O/c1-13-6-2-5-9-15(13)17-18-12-16(20)19(17)11-10-14-7-3-4-8-14/h2,5-6,9,14,17-18H,3-4,7-8,10-12H2,1H3. The van der Waals surface area contributed by atoms with E-state index in [1.807, 2.05) is 4.90 Å². The van der Waals surface area contributed by atoms with Gasteiger partial charge >= 0.3 is 0 Å². The van der Waals surface area contributed by atoms with Crippen LogP contribution in [0.1, 0.15) is 49.4 Å². The van der Waals surface area contributed by atoms with Crippen LogP contribution < -0.4 is 5.32 Å². The molecule has 1 saturated carbocycles. The maximum atomic E-state index is 12.1. The van der Waals surface area contributed by atoms with E-state index in [0.717, 1.165) is 18.9 Å². The van der Waals surface area contributed by atoms with Crippen LogP contribution in [0.5, 0.6) is 0 Å². The third kappa shape index (κ3) is 2.73. The second-order valence-corrected chi connectivity index (χ2v) is 6.17. The summed E-state index contributed by atoms with van der Waals surface area (Å²) in [6.45, 7) is 3.49. The minimum atomic E-state index is 0.0742. The lowest BCUT2D eigenvalue weighted by Gasteiger charge is -2.27. The first kappa shape index (κ1) is 13.6. The molecular formula is C17H24N2O. The van der Waals surface area contributed by atoms with E-state index in [0.29, 0.717) is 6.54 Å². The largest absolute Gasteiger partial charge is 0.322 e. The van der Waals surface area contributed by atoms with Crippen LogP contribution in [0.4, 0.5) is 0 Å². The van der Waals surface area contributed by atoms with Gasteiger partial charge < -0.3 is 4.90 Å². The molecule has 1 N–H and O–H groups in total. The van der Waals surface area contributed by atoms with Gasteiger partial charge in [-0.25, -0.2) is 0 Å². The molecule has 0 spiro atoms. The number of carbonyl (C=O) groups excluding carboxylic acids is 1. The van der Waals surface area contributed by atoms with E-state index in [9.17, 15) is 4.79 Å². The molecule has 0 radical (unpaired) electrons. The summed E-state index contributed by atoms with van der Waals surface area (Å²) in [5.41, 5.74) is 2.50. The number of nitrogens with one attached hydrogen (secondary N) is 1. The van der Waals surface area contributed by atoms with Crippen molar-refractivity contribution in [2.45, 2.75) is 45.2 Å². The molecule has 1 aliphatic heterocycles. The fourth-order valence-electron chi connectivity index (χ4n) is 3.59. The molecular weight excluding hydrogens is 248 g/mol. The Balaban J connectivity index is 1.70. The van der Waals surface area contributed by atoms with Crippen molar-refractivity contribution in [3.8, 4) is 0 Å². The second-order valence-electron chi connectivity index (χ2n) is 6.17. The number of hydrogen-bond acceptors (Lipinski definition) is 2. The number of rotatable bonds is 4. The first-order valence-electron chi connectivity index (χ1n) is 7.84. The highest BCUT2D eigenvalue weighted by Crippen LogP contribution is 2.30. The third-order valence-electron chi connectivity index (χ3n) is 4.81. The number of benzene rings is 1. The summed E-state index contributed by atoms with van der Waals surface area (Å²) in [4.78, 5) is 14.2. The van der Waals surface area contributed by atoms with Gasteiger partial charge in [-0.05, 0) is 30.4 Å². The van der Waals surface area contributed by atoms with Gasteiger partial charge in [0.05, 0.1) is 6.54 Å². The van der Waals surface area contributed by atoms with E-state index in [2.05, 4.69) is 36.5 Å².